The predicted octanol–water partition coefficient (Wildman–Crippen LogP) is 1.97. The van der Waals surface area contributed by atoms with Crippen LogP contribution in [-0.2, 0) is 21.2 Å². The number of ether oxygens (including phenoxy) is 1. The smallest absolute Gasteiger partial charge is 0.214 e. The molecule has 0 saturated carbocycles. The minimum absolute atomic E-state index is 0.0175. The van der Waals surface area contributed by atoms with Crippen LogP contribution in [0, 0.1) is 6.92 Å². The first-order valence-corrected chi connectivity index (χ1v) is 8.64. The number of H-pyrrole nitrogens is 1. The topological polar surface area (TPSA) is 71.2 Å². The first-order chi connectivity index (χ1) is 9.93. The summed E-state index contributed by atoms with van der Waals surface area (Å²) in [5.41, 5.74) is 3.33. The average molecular weight is 310 g/mol. The van der Waals surface area contributed by atoms with E-state index in [2.05, 4.69) is 15.8 Å². The zero-order valence-corrected chi connectivity index (χ0v) is 13.5. The summed E-state index contributed by atoms with van der Waals surface area (Å²) in [5.74, 6) is -0.0175. The minimum Gasteiger partial charge on any atom is -0.381 e. The fraction of sp³-hybridized carbons (Fsp3) is 0.467. The Balaban J connectivity index is 2.01. The number of hydrogen-bond acceptors (Lipinski definition) is 3. The van der Waals surface area contributed by atoms with Gasteiger partial charge in [0.05, 0.1) is 11.9 Å². The summed E-state index contributed by atoms with van der Waals surface area (Å²) in [6.07, 6.45) is 0.355. The summed E-state index contributed by atoms with van der Waals surface area (Å²) in [5, 5.41) is 1.15. The van der Waals surface area contributed by atoms with Gasteiger partial charge in [-0.1, -0.05) is 18.2 Å². The fourth-order valence-electron chi connectivity index (χ4n) is 2.42. The van der Waals surface area contributed by atoms with Crippen molar-refractivity contribution in [2.45, 2.75) is 26.4 Å². The molecule has 2 rings (SSSR count). The van der Waals surface area contributed by atoms with E-state index >= 15 is 0 Å². The minimum atomic E-state index is -3.30. The van der Waals surface area contributed by atoms with E-state index in [4.69, 9.17) is 4.74 Å². The first-order valence-electron chi connectivity index (χ1n) is 6.99. The van der Waals surface area contributed by atoms with Gasteiger partial charge in [-0.2, -0.15) is 0 Å². The number of methoxy groups -OCH3 is 1. The Morgan fingerprint density at radius 2 is 2.05 bits per heavy atom. The highest BCUT2D eigenvalue weighted by Crippen LogP contribution is 2.21. The Morgan fingerprint density at radius 1 is 1.33 bits per heavy atom. The van der Waals surface area contributed by atoms with Crippen LogP contribution in [0.2, 0.25) is 0 Å². The van der Waals surface area contributed by atoms with Gasteiger partial charge < -0.3 is 9.72 Å². The maximum Gasteiger partial charge on any atom is 0.214 e. The number of hydrogen-bond donors (Lipinski definition) is 2. The molecule has 0 aliphatic heterocycles. The molecule has 1 aromatic heterocycles. The molecule has 1 aromatic carbocycles. The largest absolute Gasteiger partial charge is 0.381 e. The lowest BCUT2D eigenvalue weighted by atomic mass is 10.1. The van der Waals surface area contributed by atoms with Crippen LogP contribution in [0.3, 0.4) is 0 Å². The molecule has 0 spiro atoms. The summed E-state index contributed by atoms with van der Waals surface area (Å²) in [7, 11) is -1.79. The molecule has 6 heteroatoms. The normalized spacial score (nSPS) is 13.7. The molecule has 116 valence electrons. The second-order valence-electron chi connectivity index (χ2n) is 5.25. The van der Waals surface area contributed by atoms with E-state index < -0.39 is 10.0 Å². The van der Waals surface area contributed by atoms with Crippen LogP contribution in [-0.4, -0.2) is 38.9 Å². The lowest BCUT2D eigenvalue weighted by molar-refractivity contribution is 0.136. The number of para-hydroxylation sites is 1. The Labute approximate surface area is 125 Å². The number of fused-ring (bicyclic) bond motifs is 1. The number of benzene rings is 1. The zero-order chi connectivity index (χ0) is 15.5. The number of aromatic nitrogens is 1. The zero-order valence-electron chi connectivity index (χ0n) is 12.6. The summed E-state index contributed by atoms with van der Waals surface area (Å²) >= 11 is 0. The molecule has 2 N–H and O–H groups in total. The van der Waals surface area contributed by atoms with Crippen molar-refractivity contribution < 1.29 is 13.2 Å². The Kier molecular flexibility index (Phi) is 5.03. The highest BCUT2D eigenvalue weighted by atomic mass is 32.2. The molecule has 21 heavy (non-hydrogen) atoms. The van der Waals surface area contributed by atoms with Crippen molar-refractivity contribution in [1.82, 2.24) is 9.71 Å². The van der Waals surface area contributed by atoms with Gasteiger partial charge in [0, 0.05) is 30.3 Å². The standard InChI is InChI=1S/C15H22N2O3S/c1-11(20-3)10-21(18,19)16-9-8-13-12(2)17-15-7-5-4-6-14(13)15/h4-7,11,16-17H,8-10H2,1-3H3. The first kappa shape index (κ1) is 16.0. The van der Waals surface area contributed by atoms with E-state index in [1.54, 1.807) is 6.92 Å². The van der Waals surface area contributed by atoms with E-state index in [-0.39, 0.29) is 11.9 Å². The third-order valence-corrected chi connectivity index (χ3v) is 5.13. The lowest BCUT2D eigenvalue weighted by Crippen LogP contribution is -2.33. The molecule has 0 saturated heterocycles. The van der Waals surface area contributed by atoms with Crippen molar-refractivity contribution in [3.63, 3.8) is 0 Å². The fourth-order valence-corrected chi connectivity index (χ4v) is 3.71. The van der Waals surface area contributed by atoms with Crippen LogP contribution in [0.4, 0.5) is 0 Å². The van der Waals surface area contributed by atoms with Crippen LogP contribution in [0.5, 0.6) is 0 Å². The molecule has 1 unspecified atom stereocenters. The highest BCUT2D eigenvalue weighted by Gasteiger charge is 2.15. The van der Waals surface area contributed by atoms with E-state index in [0.29, 0.717) is 13.0 Å². The summed E-state index contributed by atoms with van der Waals surface area (Å²) in [4.78, 5) is 3.32. The third-order valence-electron chi connectivity index (χ3n) is 3.58. The number of aromatic amines is 1. The van der Waals surface area contributed by atoms with Gasteiger partial charge in [0.2, 0.25) is 10.0 Å². The Morgan fingerprint density at radius 3 is 2.76 bits per heavy atom. The SMILES string of the molecule is COC(C)CS(=O)(=O)NCCc1c(C)[nH]c2ccccc12. The van der Waals surface area contributed by atoms with Crippen LogP contribution >= 0.6 is 0 Å². The highest BCUT2D eigenvalue weighted by molar-refractivity contribution is 7.89. The summed E-state index contributed by atoms with van der Waals surface area (Å²) < 4.78 is 31.4. The van der Waals surface area contributed by atoms with Crippen LogP contribution in [0.15, 0.2) is 24.3 Å². The predicted molar refractivity (Wildman–Crippen MR) is 85.0 cm³/mol. The van der Waals surface area contributed by atoms with Gasteiger partial charge in [-0.05, 0) is 31.9 Å². The number of aryl methyl sites for hydroxylation is 1. The van der Waals surface area contributed by atoms with E-state index in [0.717, 1.165) is 22.2 Å². The van der Waals surface area contributed by atoms with Gasteiger partial charge in [-0.25, -0.2) is 13.1 Å². The molecule has 0 radical (unpaired) electrons. The summed E-state index contributed by atoms with van der Waals surface area (Å²) in [6, 6.07) is 8.05. The van der Waals surface area contributed by atoms with Gasteiger partial charge in [0.1, 0.15) is 0 Å². The third kappa shape index (κ3) is 4.06. The maximum absolute atomic E-state index is 11.9. The number of sulfonamides is 1. The number of rotatable bonds is 7. The molecule has 5 nitrogen and oxygen atoms in total. The van der Waals surface area contributed by atoms with E-state index in [1.165, 1.54) is 7.11 Å². The second kappa shape index (κ2) is 6.60. The average Bonchev–Trinajstić information content (AvgIpc) is 2.74. The molecule has 0 fully saturated rings. The van der Waals surface area contributed by atoms with Gasteiger partial charge in [-0.15, -0.1) is 0 Å². The van der Waals surface area contributed by atoms with Crippen LogP contribution in [0.1, 0.15) is 18.2 Å². The lowest BCUT2D eigenvalue weighted by Gasteiger charge is -2.11. The van der Waals surface area contributed by atoms with Gasteiger partial charge in [-0.3, -0.25) is 0 Å². The van der Waals surface area contributed by atoms with E-state index in [9.17, 15) is 8.42 Å². The van der Waals surface area contributed by atoms with Crippen molar-refractivity contribution in [1.29, 1.82) is 0 Å². The van der Waals surface area contributed by atoms with Crippen molar-refractivity contribution in [3.8, 4) is 0 Å². The molecule has 1 atom stereocenters. The Bertz CT molecular complexity index is 707. The molecule has 2 aromatic rings. The Hall–Kier alpha value is -1.37. The molecular weight excluding hydrogens is 288 g/mol. The second-order valence-corrected chi connectivity index (χ2v) is 7.10. The van der Waals surface area contributed by atoms with Crippen LogP contribution < -0.4 is 4.72 Å². The van der Waals surface area contributed by atoms with Gasteiger partial charge in [0.15, 0.2) is 0 Å². The number of nitrogens with one attached hydrogen (secondary N) is 2. The van der Waals surface area contributed by atoms with Crippen molar-refractivity contribution in [3.05, 3.63) is 35.5 Å². The van der Waals surface area contributed by atoms with Crippen molar-refractivity contribution >= 4 is 20.9 Å². The summed E-state index contributed by atoms with van der Waals surface area (Å²) in [6.45, 7) is 4.14. The van der Waals surface area contributed by atoms with Gasteiger partial charge in [0.25, 0.3) is 0 Å². The monoisotopic (exact) mass is 310 g/mol. The van der Waals surface area contributed by atoms with Gasteiger partial charge >= 0.3 is 0 Å². The van der Waals surface area contributed by atoms with Crippen molar-refractivity contribution in [2.75, 3.05) is 19.4 Å². The van der Waals surface area contributed by atoms with Crippen molar-refractivity contribution in [2.24, 2.45) is 0 Å². The maximum atomic E-state index is 11.9. The molecule has 1 heterocycles. The molecule has 0 aliphatic rings. The molecule has 0 amide bonds. The molecular formula is C15H22N2O3S. The van der Waals surface area contributed by atoms with E-state index in [1.807, 2.05) is 25.1 Å². The van der Waals surface area contributed by atoms with Crippen LogP contribution in [0.25, 0.3) is 10.9 Å². The molecule has 0 bridgehead atoms. The molecule has 0 aliphatic carbocycles. The quantitative estimate of drug-likeness (QED) is 0.821.